The lowest BCUT2D eigenvalue weighted by atomic mass is 9.91. The van der Waals surface area contributed by atoms with Crippen LogP contribution in [0.25, 0.3) is 6.08 Å². The molecule has 29 heavy (non-hydrogen) atoms. The van der Waals surface area contributed by atoms with Gasteiger partial charge in [-0.2, -0.15) is 5.26 Å². The third-order valence-electron chi connectivity index (χ3n) is 4.87. The molecule has 4 heteroatoms. The average molecular weight is 391 g/mol. The number of hydrogen-bond donors (Lipinski definition) is 2. The Hall–Kier alpha value is -3.06. The third kappa shape index (κ3) is 6.22. The Labute approximate surface area is 173 Å². The summed E-state index contributed by atoms with van der Waals surface area (Å²) in [5.74, 6) is -0.0958. The number of rotatable bonds is 9. The molecule has 152 valence electrons. The number of phenolic OH excluding ortho intramolecular Hbond substituents is 1. The number of nitriles is 1. The number of phenols is 1. The van der Waals surface area contributed by atoms with Gasteiger partial charge in [0.1, 0.15) is 17.4 Å². The van der Waals surface area contributed by atoms with Crippen molar-refractivity contribution < 1.29 is 9.90 Å². The Kier molecular flexibility index (Phi) is 8.48. The molecule has 2 aromatic carbocycles. The highest BCUT2D eigenvalue weighted by Gasteiger charge is 2.16. The van der Waals surface area contributed by atoms with Crippen molar-refractivity contribution in [3.05, 3.63) is 70.3 Å². The summed E-state index contributed by atoms with van der Waals surface area (Å²) in [5.41, 5.74) is 3.72. The van der Waals surface area contributed by atoms with Crippen molar-refractivity contribution >= 4 is 12.0 Å². The van der Waals surface area contributed by atoms with Crippen molar-refractivity contribution in [2.75, 3.05) is 6.54 Å². The summed E-state index contributed by atoms with van der Waals surface area (Å²) in [4.78, 5) is 12.4. The molecule has 0 heterocycles. The van der Waals surface area contributed by atoms with Crippen LogP contribution in [0, 0.1) is 11.3 Å². The molecule has 0 spiro atoms. The summed E-state index contributed by atoms with van der Waals surface area (Å²) < 4.78 is 0. The number of hydrogen-bond acceptors (Lipinski definition) is 3. The van der Waals surface area contributed by atoms with Gasteiger partial charge in [0.05, 0.1) is 0 Å². The molecule has 0 saturated heterocycles. The molecule has 0 aromatic heterocycles. The fraction of sp³-hybridized carbons (Fsp3) is 0.360. The molecule has 1 amide bonds. The second-order valence-electron chi connectivity index (χ2n) is 7.50. The molecular weight excluding hydrogens is 360 g/mol. The highest BCUT2D eigenvalue weighted by Crippen LogP contribution is 2.34. The van der Waals surface area contributed by atoms with Crippen LogP contribution < -0.4 is 5.32 Å². The number of aromatic hydroxyl groups is 1. The average Bonchev–Trinajstić information content (AvgIpc) is 2.71. The maximum atomic E-state index is 12.4. The molecule has 0 fully saturated rings. The van der Waals surface area contributed by atoms with E-state index in [1.54, 1.807) is 6.07 Å². The lowest BCUT2D eigenvalue weighted by Gasteiger charge is -2.16. The minimum Gasteiger partial charge on any atom is -0.507 e. The van der Waals surface area contributed by atoms with E-state index in [0.717, 1.165) is 36.8 Å². The Morgan fingerprint density at radius 1 is 1.17 bits per heavy atom. The van der Waals surface area contributed by atoms with Crippen LogP contribution in [0.2, 0.25) is 0 Å². The molecule has 0 unspecified atom stereocenters. The molecule has 2 aromatic rings. The maximum absolute atomic E-state index is 12.4. The van der Waals surface area contributed by atoms with Crippen molar-refractivity contribution in [3.8, 4) is 11.8 Å². The van der Waals surface area contributed by atoms with Gasteiger partial charge in [0.25, 0.3) is 5.91 Å². The minimum absolute atomic E-state index is 0.00189. The van der Waals surface area contributed by atoms with E-state index < -0.39 is 5.91 Å². The topological polar surface area (TPSA) is 73.1 Å². The van der Waals surface area contributed by atoms with E-state index in [1.807, 2.05) is 44.2 Å². The molecule has 2 rings (SSSR count). The first-order valence-corrected chi connectivity index (χ1v) is 10.3. The Balaban J connectivity index is 2.09. The van der Waals surface area contributed by atoms with Crippen LogP contribution in [-0.2, 0) is 17.6 Å². The van der Waals surface area contributed by atoms with Crippen LogP contribution in [0.4, 0.5) is 0 Å². The monoisotopic (exact) mass is 390 g/mol. The summed E-state index contributed by atoms with van der Waals surface area (Å²) in [5, 5.41) is 23.0. The smallest absolute Gasteiger partial charge is 0.261 e. The van der Waals surface area contributed by atoms with Crippen LogP contribution in [0.5, 0.6) is 5.75 Å². The van der Waals surface area contributed by atoms with E-state index in [1.165, 1.54) is 11.6 Å². The summed E-state index contributed by atoms with van der Waals surface area (Å²) in [6.45, 7) is 6.66. The van der Waals surface area contributed by atoms with Crippen molar-refractivity contribution in [2.45, 2.75) is 52.4 Å². The number of aryl methyl sites for hydroxylation is 2. The number of carbonyl (C=O) groups excluding carboxylic acids is 1. The fourth-order valence-electron chi connectivity index (χ4n) is 3.45. The Bertz CT molecular complexity index is 893. The third-order valence-corrected chi connectivity index (χ3v) is 4.87. The largest absolute Gasteiger partial charge is 0.507 e. The first kappa shape index (κ1) is 22.2. The van der Waals surface area contributed by atoms with Gasteiger partial charge in [-0.1, -0.05) is 69.7 Å². The summed E-state index contributed by atoms with van der Waals surface area (Å²) in [7, 11) is 0. The molecular formula is C25H30N2O2. The van der Waals surface area contributed by atoms with Gasteiger partial charge in [0.2, 0.25) is 0 Å². The molecule has 0 radical (unpaired) electrons. The van der Waals surface area contributed by atoms with Crippen molar-refractivity contribution in [1.82, 2.24) is 5.32 Å². The SMILES string of the molecule is CCCc1ccc(/C=C(/C#N)C(=O)NCCCc2ccccc2)c(O)c1C(C)C. The number of nitrogens with one attached hydrogen (secondary N) is 1. The Morgan fingerprint density at radius 2 is 1.90 bits per heavy atom. The molecule has 0 saturated carbocycles. The highest BCUT2D eigenvalue weighted by molar-refractivity contribution is 6.02. The standard InChI is InChI=1S/C25H30N2O2/c1-4-9-20-13-14-21(24(28)23(20)18(2)3)16-22(17-26)25(29)27-15-8-12-19-10-6-5-7-11-19/h5-7,10-11,13-14,16,18,28H,4,8-9,12,15H2,1-3H3,(H,27,29)/b22-16-. The van der Waals surface area contributed by atoms with Crippen molar-refractivity contribution in [1.29, 1.82) is 5.26 Å². The van der Waals surface area contributed by atoms with Gasteiger partial charge >= 0.3 is 0 Å². The normalized spacial score (nSPS) is 11.3. The number of amides is 1. The number of carbonyl (C=O) groups is 1. The second-order valence-corrected chi connectivity index (χ2v) is 7.50. The molecule has 0 aliphatic heterocycles. The van der Waals surface area contributed by atoms with E-state index in [0.29, 0.717) is 12.1 Å². The van der Waals surface area contributed by atoms with Gasteiger partial charge in [-0.15, -0.1) is 0 Å². The fourth-order valence-corrected chi connectivity index (χ4v) is 3.45. The van der Waals surface area contributed by atoms with Gasteiger partial charge in [-0.25, -0.2) is 0 Å². The van der Waals surface area contributed by atoms with E-state index in [4.69, 9.17) is 0 Å². The van der Waals surface area contributed by atoms with E-state index in [2.05, 4.69) is 24.4 Å². The molecule has 2 N–H and O–H groups in total. The highest BCUT2D eigenvalue weighted by atomic mass is 16.3. The van der Waals surface area contributed by atoms with E-state index in [-0.39, 0.29) is 17.2 Å². The van der Waals surface area contributed by atoms with Gasteiger partial charge in [0, 0.05) is 17.7 Å². The Morgan fingerprint density at radius 3 is 2.52 bits per heavy atom. The molecule has 0 aliphatic rings. The lowest BCUT2D eigenvalue weighted by molar-refractivity contribution is -0.117. The van der Waals surface area contributed by atoms with Gasteiger partial charge in [-0.3, -0.25) is 4.79 Å². The summed E-state index contributed by atoms with van der Waals surface area (Å²) in [6, 6.07) is 15.8. The van der Waals surface area contributed by atoms with Gasteiger partial charge in [0.15, 0.2) is 0 Å². The molecule has 4 nitrogen and oxygen atoms in total. The van der Waals surface area contributed by atoms with Crippen molar-refractivity contribution in [2.24, 2.45) is 0 Å². The zero-order valence-corrected chi connectivity index (χ0v) is 17.5. The first-order valence-electron chi connectivity index (χ1n) is 10.3. The predicted octanol–water partition coefficient (Wildman–Crippen LogP) is 5.12. The first-order chi connectivity index (χ1) is 14.0. The molecule has 0 bridgehead atoms. The van der Waals surface area contributed by atoms with Crippen LogP contribution in [-0.4, -0.2) is 17.6 Å². The quantitative estimate of drug-likeness (QED) is 0.354. The van der Waals surface area contributed by atoms with Crippen LogP contribution in [0.15, 0.2) is 48.0 Å². The second kappa shape index (κ2) is 11.1. The number of nitrogens with zero attached hydrogens (tertiary/aromatic N) is 1. The van der Waals surface area contributed by atoms with Gasteiger partial charge in [-0.05, 0) is 42.4 Å². The zero-order chi connectivity index (χ0) is 21.2. The number of benzene rings is 2. The van der Waals surface area contributed by atoms with Crippen molar-refractivity contribution in [3.63, 3.8) is 0 Å². The van der Waals surface area contributed by atoms with E-state index in [9.17, 15) is 15.2 Å². The summed E-state index contributed by atoms with van der Waals surface area (Å²) >= 11 is 0. The van der Waals surface area contributed by atoms with Gasteiger partial charge < -0.3 is 10.4 Å². The predicted molar refractivity (Wildman–Crippen MR) is 118 cm³/mol. The van der Waals surface area contributed by atoms with Crippen LogP contribution >= 0.6 is 0 Å². The molecule has 0 aliphatic carbocycles. The summed E-state index contributed by atoms with van der Waals surface area (Å²) in [6.07, 6.45) is 5.01. The molecule has 0 atom stereocenters. The minimum atomic E-state index is -0.413. The van der Waals surface area contributed by atoms with E-state index >= 15 is 0 Å². The zero-order valence-electron chi connectivity index (χ0n) is 17.5. The van der Waals surface area contributed by atoms with Crippen LogP contribution in [0.3, 0.4) is 0 Å². The maximum Gasteiger partial charge on any atom is 0.261 e. The lowest BCUT2D eigenvalue weighted by Crippen LogP contribution is -2.25. The van der Waals surface area contributed by atoms with Crippen LogP contribution in [0.1, 0.15) is 61.8 Å².